The highest BCUT2D eigenvalue weighted by Crippen LogP contribution is 2.21. The predicted octanol–water partition coefficient (Wildman–Crippen LogP) is 1.49. The van der Waals surface area contributed by atoms with Crippen molar-refractivity contribution in [1.82, 2.24) is 10.2 Å². The molecule has 6 nitrogen and oxygen atoms in total. The summed E-state index contributed by atoms with van der Waals surface area (Å²) in [6.07, 6.45) is 2.15. The van der Waals surface area contributed by atoms with E-state index in [-0.39, 0.29) is 18.0 Å². The number of amides is 2. The van der Waals surface area contributed by atoms with E-state index < -0.39 is 5.60 Å². The molecule has 0 aromatic rings. The minimum Gasteiger partial charge on any atom is -0.444 e. The van der Waals surface area contributed by atoms with Crippen LogP contribution >= 0.6 is 0 Å². The lowest BCUT2D eigenvalue weighted by Gasteiger charge is -2.36. The van der Waals surface area contributed by atoms with Crippen LogP contribution in [0, 0.1) is 5.92 Å². The van der Waals surface area contributed by atoms with Gasteiger partial charge in [-0.15, -0.1) is 0 Å². The molecule has 2 amide bonds. The lowest BCUT2D eigenvalue weighted by molar-refractivity contribution is -0.117. The van der Waals surface area contributed by atoms with Crippen LogP contribution in [0.5, 0.6) is 0 Å². The lowest BCUT2D eigenvalue weighted by Crippen LogP contribution is -2.48. The van der Waals surface area contributed by atoms with Gasteiger partial charge in [0.2, 0.25) is 5.91 Å². The van der Waals surface area contributed by atoms with E-state index >= 15 is 0 Å². The van der Waals surface area contributed by atoms with E-state index in [9.17, 15) is 9.59 Å². The first-order valence-corrected chi connectivity index (χ1v) is 7.68. The van der Waals surface area contributed by atoms with Gasteiger partial charge in [0.15, 0.2) is 0 Å². The fraction of sp³-hybridized carbons (Fsp3) is 0.867. The Morgan fingerprint density at radius 3 is 2.67 bits per heavy atom. The Bertz CT molecular complexity index is 366. The first kappa shape index (κ1) is 17.8. The van der Waals surface area contributed by atoms with Crippen molar-refractivity contribution in [3.8, 4) is 0 Å². The molecule has 0 saturated carbocycles. The van der Waals surface area contributed by atoms with E-state index in [0.717, 1.165) is 19.4 Å². The number of primary amides is 1. The summed E-state index contributed by atoms with van der Waals surface area (Å²) in [4.78, 5) is 24.6. The molecule has 1 rings (SSSR count). The molecule has 2 unspecified atom stereocenters. The number of likely N-dealkylation sites (tertiary alicyclic amines) is 1. The van der Waals surface area contributed by atoms with Gasteiger partial charge >= 0.3 is 6.09 Å². The minimum absolute atomic E-state index is 0.239. The van der Waals surface area contributed by atoms with E-state index in [4.69, 9.17) is 10.5 Å². The van der Waals surface area contributed by atoms with E-state index in [2.05, 4.69) is 12.2 Å². The highest BCUT2D eigenvalue weighted by Gasteiger charge is 2.29. The number of rotatable bonds is 5. The summed E-state index contributed by atoms with van der Waals surface area (Å²) >= 11 is 0. The molecule has 0 aliphatic carbocycles. The van der Waals surface area contributed by atoms with Gasteiger partial charge in [0.1, 0.15) is 5.60 Å². The van der Waals surface area contributed by atoms with Crippen molar-refractivity contribution < 1.29 is 14.3 Å². The van der Waals surface area contributed by atoms with Crippen molar-refractivity contribution in [2.75, 3.05) is 19.6 Å². The Morgan fingerprint density at radius 1 is 1.43 bits per heavy atom. The van der Waals surface area contributed by atoms with Gasteiger partial charge in [0.05, 0.1) is 0 Å². The molecule has 0 aromatic carbocycles. The summed E-state index contributed by atoms with van der Waals surface area (Å²) in [6.45, 7) is 9.74. The molecule has 6 heteroatoms. The van der Waals surface area contributed by atoms with Crippen LogP contribution in [0.2, 0.25) is 0 Å². The first-order valence-electron chi connectivity index (χ1n) is 7.68. The van der Waals surface area contributed by atoms with Crippen molar-refractivity contribution in [3.63, 3.8) is 0 Å². The topological polar surface area (TPSA) is 84.7 Å². The van der Waals surface area contributed by atoms with Gasteiger partial charge in [-0.3, -0.25) is 4.79 Å². The monoisotopic (exact) mass is 299 g/mol. The third-order valence-electron chi connectivity index (χ3n) is 3.65. The van der Waals surface area contributed by atoms with Gasteiger partial charge in [-0.05, 0) is 46.5 Å². The average molecular weight is 299 g/mol. The van der Waals surface area contributed by atoms with Crippen LogP contribution in [-0.2, 0) is 9.53 Å². The van der Waals surface area contributed by atoms with Crippen LogP contribution in [0.4, 0.5) is 4.79 Å². The zero-order valence-corrected chi connectivity index (χ0v) is 13.6. The largest absolute Gasteiger partial charge is 0.444 e. The van der Waals surface area contributed by atoms with Crippen LogP contribution in [0.25, 0.3) is 0 Å². The summed E-state index contributed by atoms with van der Waals surface area (Å²) in [5.74, 6) is 0.0767. The van der Waals surface area contributed by atoms with Crippen LogP contribution in [0.15, 0.2) is 0 Å². The molecule has 0 aromatic heterocycles. The number of nitrogens with zero attached hydrogens (tertiary/aromatic N) is 1. The molecule has 2 atom stereocenters. The van der Waals surface area contributed by atoms with Gasteiger partial charge in [0, 0.05) is 32.1 Å². The maximum atomic E-state index is 12.1. The van der Waals surface area contributed by atoms with Crippen molar-refractivity contribution in [2.24, 2.45) is 11.7 Å². The normalized spacial score (nSPS) is 21.0. The number of hydrogen-bond acceptors (Lipinski definition) is 4. The highest BCUT2D eigenvalue weighted by molar-refractivity contribution is 5.73. The Labute approximate surface area is 127 Å². The summed E-state index contributed by atoms with van der Waals surface area (Å²) < 4.78 is 5.42. The number of nitrogens with one attached hydrogen (secondary N) is 1. The molecule has 1 aliphatic heterocycles. The molecule has 1 heterocycles. The second-order valence-electron chi connectivity index (χ2n) is 6.79. The highest BCUT2D eigenvalue weighted by atomic mass is 16.6. The quantitative estimate of drug-likeness (QED) is 0.805. The molecule has 1 saturated heterocycles. The predicted molar refractivity (Wildman–Crippen MR) is 81.8 cm³/mol. The van der Waals surface area contributed by atoms with E-state index in [1.54, 1.807) is 4.90 Å². The third kappa shape index (κ3) is 6.80. The number of ether oxygens (including phenoxy) is 1. The number of nitrogens with two attached hydrogens (primary N) is 1. The summed E-state index contributed by atoms with van der Waals surface area (Å²) in [6, 6.07) is 0.245. The van der Waals surface area contributed by atoms with Crippen molar-refractivity contribution in [2.45, 2.75) is 58.6 Å². The third-order valence-corrected chi connectivity index (χ3v) is 3.65. The molecule has 3 N–H and O–H groups in total. The minimum atomic E-state index is -0.463. The fourth-order valence-electron chi connectivity index (χ4n) is 2.50. The molecule has 0 spiro atoms. The van der Waals surface area contributed by atoms with Gasteiger partial charge in [-0.1, -0.05) is 0 Å². The number of carbonyl (C=O) groups is 2. The van der Waals surface area contributed by atoms with Crippen LogP contribution in [0.1, 0.15) is 47.0 Å². The number of piperidine rings is 1. The summed E-state index contributed by atoms with van der Waals surface area (Å²) in [7, 11) is 0. The van der Waals surface area contributed by atoms with Crippen LogP contribution < -0.4 is 11.1 Å². The van der Waals surface area contributed by atoms with Gasteiger partial charge in [-0.25, -0.2) is 4.79 Å². The Hall–Kier alpha value is -1.30. The Balaban J connectivity index is 2.44. The molecule has 21 heavy (non-hydrogen) atoms. The van der Waals surface area contributed by atoms with Crippen molar-refractivity contribution in [1.29, 1.82) is 0 Å². The van der Waals surface area contributed by atoms with E-state index in [1.807, 2.05) is 20.8 Å². The Kier molecular flexibility index (Phi) is 6.45. The van der Waals surface area contributed by atoms with Crippen molar-refractivity contribution >= 4 is 12.0 Å². The van der Waals surface area contributed by atoms with E-state index in [1.165, 1.54) is 0 Å². The van der Waals surface area contributed by atoms with Gasteiger partial charge in [0.25, 0.3) is 0 Å². The molecule has 122 valence electrons. The van der Waals surface area contributed by atoms with Gasteiger partial charge < -0.3 is 20.7 Å². The van der Waals surface area contributed by atoms with Gasteiger partial charge in [-0.2, -0.15) is 0 Å². The Morgan fingerprint density at radius 2 is 2.10 bits per heavy atom. The maximum Gasteiger partial charge on any atom is 0.410 e. The molecule has 1 fully saturated rings. The van der Waals surface area contributed by atoms with E-state index in [0.29, 0.717) is 25.4 Å². The SMILES string of the molecule is CC(NCCC(N)=O)C1CCCN(C(=O)OC(C)(C)C)C1. The smallest absolute Gasteiger partial charge is 0.410 e. The molecule has 1 aliphatic rings. The molecular formula is C15H29N3O3. The second kappa shape index (κ2) is 7.64. The molecule has 0 radical (unpaired) electrons. The molecule has 0 bridgehead atoms. The lowest BCUT2D eigenvalue weighted by atomic mass is 9.91. The number of carbonyl (C=O) groups excluding carboxylic acids is 2. The van der Waals surface area contributed by atoms with Crippen molar-refractivity contribution in [3.05, 3.63) is 0 Å². The van der Waals surface area contributed by atoms with Crippen LogP contribution in [-0.4, -0.2) is 48.2 Å². The number of hydrogen-bond donors (Lipinski definition) is 2. The fourth-order valence-corrected chi connectivity index (χ4v) is 2.50. The second-order valence-corrected chi connectivity index (χ2v) is 6.79. The average Bonchev–Trinajstić information content (AvgIpc) is 2.36. The standard InChI is InChI=1S/C15H29N3O3/c1-11(17-8-7-13(16)19)12-6-5-9-18(10-12)14(20)21-15(2,3)4/h11-12,17H,5-10H2,1-4H3,(H2,16,19). The summed E-state index contributed by atoms with van der Waals surface area (Å²) in [5, 5.41) is 3.31. The van der Waals surface area contributed by atoms with Crippen LogP contribution in [0.3, 0.4) is 0 Å². The summed E-state index contributed by atoms with van der Waals surface area (Å²) in [5.41, 5.74) is 4.67. The zero-order valence-electron chi connectivity index (χ0n) is 13.6. The zero-order chi connectivity index (χ0) is 16.0. The maximum absolute atomic E-state index is 12.1. The first-order chi connectivity index (χ1) is 9.69. The molecular weight excluding hydrogens is 270 g/mol.